The molecule has 0 bridgehead atoms. The summed E-state index contributed by atoms with van der Waals surface area (Å²) in [6.07, 6.45) is 0. The van der Waals surface area contributed by atoms with Crippen LogP contribution in [0.4, 0.5) is 0 Å². The molecule has 1 amide bonds. The van der Waals surface area contributed by atoms with Gasteiger partial charge in [-0.2, -0.15) is 0 Å². The number of nitrogens with zero attached hydrogens (tertiary/aromatic N) is 3. The predicted octanol–water partition coefficient (Wildman–Crippen LogP) is 5.33. The van der Waals surface area contributed by atoms with Gasteiger partial charge >= 0.3 is 0 Å². The highest BCUT2D eigenvalue weighted by Gasteiger charge is 2.23. The molecule has 0 saturated carbocycles. The number of pyridine rings is 1. The lowest BCUT2D eigenvalue weighted by molar-refractivity contribution is 0.0787. The fraction of sp³-hybridized carbons (Fsp3) is 0.227. The Kier molecular flexibility index (Phi) is 4.88. The summed E-state index contributed by atoms with van der Waals surface area (Å²) in [5, 5.41) is 5.26. The zero-order valence-corrected chi connectivity index (χ0v) is 17.4. The number of halogens is 1. The third kappa shape index (κ3) is 3.63. The predicted molar refractivity (Wildman–Crippen MR) is 111 cm³/mol. The van der Waals surface area contributed by atoms with Crippen molar-refractivity contribution in [3.05, 3.63) is 69.8 Å². The Morgan fingerprint density at radius 3 is 2.66 bits per heavy atom. The third-order valence-corrected chi connectivity index (χ3v) is 5.06. The molecule has 7 heteroatoms. The topological polar surface area (TPSA) is 72.4 Å². The molecule has 1 aromatic carbocycles. The fourth-order valence-corrected chi connectivity index (χ4v) is 3.69. The van der Waals surface area contributed by atoms with Crippen molar-refractivity contribution in [1.82, 2.24) is 15.0 Å². The van der Waals surface area contributed by atoms with E-state index in [1.807, 2.05) is 38.1 Å². The summed E-state index contributed by atoms with van der Waals surface area (Å²) in [6.45, 7) is 5.96. The molecule has 29 heavy (non-hydrogen) atoms. The van der Waals surface area contributed by atoms with Gasteiger partial charge in [0.1, 0.15) is 11.5 Å². The van der Waals surface area contributed by atoms with Crippen molar-refractivity contribution < 1.29 is 13.7 Å². The Morgan fingerprint density at radius 2 is 1.97 bits per heavy atom. The van der Waals surface area contributed by atoms with Gasteiger partial charge < -0.3 is 13.8 Å². The van der Waals surface area contributed by atoms with Gasteiger partial charge in [-0.15, -0.1) is 0 Å². The summed E-state index contributed by atoms with van der Waals surface area (Å²) < 4.78 is 11.0. The van der Waals surface area contributed by atoms with Gasteiger partial charge in [-0.3, -0.25) is 4.79 Å². The number of furan rings is 1. The van der Waals surface area contributed by atoms with Crippen LogP contribution in [0, 0.1) is 20.8 Å². The standard InChI is InChI=1S/C22H20ClN3O3/c1-12-8-17(14(3)28-12)19-10-18(20-13(2)25-29-21(20)24-19)22(27)26(4)11-15-6-5-7-16(23)9-15/h5-10H,11H2,1-4H3. The average molecular weight is 410 g/mol. The monoisotopic (exact) mass is 409 g/mol. The number of rotatable bonds is 4. The Hall–Kier alpha value is -3.12. The van der Waals surface area contributed by atoms with Crippen LogP contribution in [0.25, 0.3) is 22.4 Å². The van der Waals surface area contributed by atoms with E-state index in [-0.39, 0.29) is 5.91 Å². The molecule has 0 radical (unpaired) electrons. The summed E-state index contributed by atoms with van der Waals surface area (Å²) in [5.41, 5.74) is 3.83. The number of aryl methyl sites for hydroxylation is 3. The van der Waals surface area contributed by atoms with E-state index < -0.39 is 0 Å². The second kappa shape index (κ2) is 7.37. The maximum absolute atomic E-state index is 13.3. The van der Waals surface area contributed by atoms with Crippen molar-refractivity contribution in [2.24, 2.45) is 0 Å². The molecule has 0 spiro atoms. The van der Waals surface area contributed by atoms with E-state index in [0.29, 0.717) is 39.6 Å². The van der Waals surface area contributed by atoms with E-state index >= 15 is 0 Å². The highest BCUT2D eigenvalue weighted by Crippen LogP contribution is 2.31. The fourth-order valence-electron chi connectivity index (χ4n) is 3.47. The molecule has 4 aromatic rings. The first-order chi connectivity index (χ1) is 13.8. The van der Waals surface area contributed by atoms with Crippen molar-refractivity contribution in [2.45, 2.75) is 27.3 Å². The summed E-state index contributed by atoms with van der Waals surface area (Å²) in [4.78, 5) is 19.5. The Bertz CT molecular complexity index is 1230. The molecule has 4 rings (SSSR count). The SMILES string of the molecule is Cc1cc(-c2cc(C(=O)N(C)Cc3cccc(Cl)c3)c3c(C)noc3n2)c(C)o1. The highest BCUT2D eigenvalue weighted by atomic mass is 35.5. The molecule has 0 aliphatic carbocycles. The van der Waals surface area contributed by atoms with Crippen molar-refractivity contribution in [1.29, 1.82) is 0 Å². The first kappa shape index (κ1) is 19.2. The maximum atomic E-state index is 13.3. The van der Waals surface area contributed by atoms with E-state index in [1.54, 1.807) is 31.0 Å². The quantitative estimate of drug-likeness (QED) is 0.455. The van der Waals surface area contributed by atoms with Crippen LogP contribution in [-0.2, 0) is 6.54 Å². The van der Waals surface area contributed by atoms with Crippen molar-refractivity contribution in [2.75, 3.05) is 7.05 Å². The van der Waals surface area contributed by atoms with Crippen LogP contribution in [0.15, 0.2) is 45.3 Å². The van der Waals surface area contributed by atoms with Crippen molar-refractivity contribution >= 4 is 28.6 Å². The number of hydrogen-bond donors (Lipinski definition) is 0. The molecule has 0 unspecified atom stereocenters. The molecule has 0 aliphatic rings. The first-order valence-corrected chi connectivity index (χ1v) is 9.55. The minimum atomic E-state index is -0.150. The van der Waals surface area contributed by atoms with Crippen LogP contribution in [0.3, 0.4) is 0 Å². The van der Waals surface area contributed by atoms with Crippen LogP contribution in [0.2, 0.25) is 5.02 Å². The van der Waals surface area contributed by atoms with E-state index in [2.05, 4.69) is 10.1 Å². The number of carbonyl (C=O) groups is 1. The van der Waals surface area contributed by atoms with Gasteiger partial charge in [0.25, 0.3) is 11.6 Å². The molecular weight excluding hydrogens is 390 g/mol. The lowest BCUT2D eigenvalue weighted by Crippen LogP contribution is -2.26. The maximum Gasteiger partial charge on any atom is 0.259 e. The third-order valence-electron chi connectivity index (χ3n) is 4.82. The molecule has 0 N–H and O–H groups in total. The number of carbonyl (C=O) groups excluding carboxylic acids is 1. The first-order valence-electron chi connectivity index (χ1n) is 9.18. The zero-order chi connectivity index (χ0) is 20.7. The second-order valence-corrected chi connectivity index (χ2v) is 7.56. The van der Waals surface area contributed by atoms with E-state index in [1.165, 1.54) is 0 Å². The molecule has 0 atom stereocenters. The molecule has 3 heterocycles. The number of amides is 1. The van der Waals surface area contributed by atoms with Crippen LogP contribution in [0.1, 0.15) is 33.1 Å². The molecule has 0 saturated heterocycles. The summed E-state index contributed by atoms with van der Waals surface area (Å²) in [7, 11) is 1.76. The van der Waals surface area contributed by atoms with Gasteiger partial charge in [0, 0.05) is 24.2 Å². The summed E-state index contributed by atoms with van der Waals surface area (Å²) >= 11 is 6.07. The van der Waals surface area contributed by atoms with Gasteiger partial charge in [0.05, 0.1) is 22.3 Å². The van der Waals surface area contributed by atoms with Crippen LogP contribution in [-0.4, -0.2) is 28.0 Å². The molecule has 0 aliphatic heterocycles. The van der Waals surface area contributed by atoms with Crippen molar-refractivity contribution in [3.8, 4) is 11.3 Å². The van der Waals surface area contributed by atoms with Gasteiger partial charge in [0.15, 0.2) is 0 Å². The van der Waals surface area contributed by atoms with Crippen LogP contribution in [0.5, 0.6) is 0 Å². The Morgan fingerprint density at radius 1 is 1.17 bits per heavy atom. The zero-order valence-electron chi connectivity index (χ0n) is 16.6. The second-order valence-electron chi connectivity index (χ2n) is 7.12. The Labute approximate surface area is 173 Å². The Balaban J connectivity index is 1.78. The minimum absolute atomic E-state index is 0.150. The minimum Gasteiger partial charge on any atom is -0.466 e. The number of aromatic nitrogens is 2. The number of fused-ring (bicyclic) bond motifs is 1. The number of benzene rings is 1. The highest BCUT2D eigenvalue weighted by molar-refractivity contribution is 6.30. The van der Waals surface area contributed by atoms with Gasteiger partial charge in [-0.05, 0) is 50.6 Å². The van der Waals surface area contributed by atoms with E-state index in [4.69, 9.17) is 20.5 Å². The van der Waals surface area contributed by atoms with E-state index in [9.17, 15) is 4.79 Å². The van der Waals surface area contributed by atoms with Crippen LogP contribution >= 0.6 is 11.6 Å². The largest absolute Gasteiger partial charge is 0.466 e. The lowest BCUT2D eigenvalue weighted by atomic mass is 10.0. The summed E-state index contributed by atoms with van der Waals surface area (Å²) in [6, 6.07) is 11.1. The molecule has 3 aromatic heterocycles. The van der Waals surface area contributed by atoms with E-state index in [0.717, 1.165) is 22.6 Å². The number of hydrogen-bond acceptors (Lipinski definition) is 5. The molecular formula is C22H20ClN3O3. The normalized spacial score (nSPS) is 11.2. The van der Waals surface area contributed by atoms with Gasteiger partial charge in [-0.1, -0.05) is 28.9 Å². The van der Waals surface area contributed by atoms with Gasteiger partial charge in [-0.25, -0.2) is 4.98 Å². The molecule has 6 nitrogen and oxygen atoms in total. The van der Waals surface area contributed by atoms with Crippen molar-refractivity contribution in [3.63, 3.8) is 0 Å². The molecule has 0 fully saturated rings. The van der Waals surface area contributed by atoms with Crippen LogP contribution < -0.4 is 0 Å². The average Bonchev–Trinajstić information content (AvgIpc) is 3.22. The van der Waals surface area contributed by atoms with Gasteiger partial charge in [0.2, 0.25) is 0 Å². The summed E-state index contributed by atoms with van der Waals surface area (Å²) in [5.74, 6) is 1.36. The smallest absolute Gasteiger partial charge is 0.259 e. The lowest BCUT2D eigenvalue weighted by Gasteiger charge is -2.18. The molecule has 148 valence electrons.